The quantitative estimate of drug-likeness (QED) is 0.126. The maximum absolute atomic E-state index is 6.24. The monoisotopic (exact) mass is 864 g/mol. The summed E-state index contributed by atoms with van der Waals surface area (Å²) >= 11 is -0.809. The topological polar surface area (TPSA) is 42.8 Å². The van der Waals surface area contributed by atoms with Gasteiger partial charge in [0.2, 0.25) is 0 Å². The molecule has 1 aliphatic rings. The zero-order valence-corrected chi connectivity index (χ0v) is 33.7. The van der Waals surface area contributed by atoms with Crippen molar-refractivity contribution in [3.05, 3.63) is 197 Å². The van der Waals surface area contributed by atoms with Crippen LogP contribution >= 0.6 is 0 Å². The van der Waals surface area contributed by atoms with E-state index in [2.05, 4.69) is 179 Å². The summed E-state index contributed by atoms with van der Waals surface area (Å²) in [6, 6.07) is 65.6. The number of hydrogen-bond acceptors (Lipinski definition) is 3. The number of furan rings is 1. The van der Waals surface area contributed by atoms with E-state index in [0.717, 1.165) is 59.0 Å². The molecule has 0 fully saturated rings. The van der Waals surface area contributed by atoms with Crippen LogP contribution in [0.5, 0.6) is 0 Å². The summed E-state index contributed by atoms with van der Waals surface area (Å²) in [5.74, 6) is 0.708. The first kappa shape index (κ1) is 32.9. The number of rotatable bonds is 2. The fourth-order valence-electron chi connectivity index (χ4n) is 9.41. The molecule has 0 spiro atoms. The molecule has 12 aromatic rings. The van der Waals surface area contributed by atoms with Gasteiger partial charge in [0, 0.05) is 0 Å². The average molecular weight is 865 g/mol. The molecule has 0 saturated carbocycles. The second-order valence-corrected chi connectivity index (χ2v) is 17.5. The Morgan fingerprint density at radius 3 is 1.81 bits per heavy atom. The fraction of sp³-hybridized carbons (Fsp3) is 0. The van der Waals surface area contributed by atoms with Gasteiger partial charge in [-0.05, 0) is 0 Å². The summed E-state index contributed by atoms with van der Waals surface area (Å²) in [6.45, 7) is 0. The normalized spacial score (nSPS) is 13.8. The molecule has 0 atom stereocenters. The van der Waals surface area contributed by atoms with Crippen LogP contribution in [0.2, 0.25) is 0 Å². The number of nitrogens with zero attached hydrogens (tertiary/aromatic N) is 3. The number of halogens is 1. The number of benzene rings is 10. The first-order valence-electron chi connectivity index (χ1n) is 19.9. The van der Waals surface area contributed by atoms with Crippen LogP contribution in [-0.4, -0.2) is 14.2 Å². The maximum atomic E-state index is 6.24. The van der Waals surface area contributed by atoms with Crippen LogP contribution in [0.1, 0.15) is 11.1 Å². The Morgan fingerprint density at radius 1 is 0.390 bits per heavy atom. The number of amidine groups is 1. The van der Waals surface area contributed by atoms with Crippen LogP contribution in [0.4, 0.5) is 0 Å². The molecule has 3 heterocycles. The standard InChI is InChI=1S/C54H31IN3O/c1-2-13-34-29-36(22-21-32(34)11-1)53-56-45(35-24-28-49-44(30-35)41-18-9-10-20-48(41)59-49)31-55-54(57-53)58-46-26-23-33-12-3-4-14-37(33)51(46)52-47(58)27-25-43-40-17-6-5-15-38(40)39-16-7-8-19-42(39)50(43)52/h1-31H/q-1. The number of para-hydroxylation sites is 1. The first-order chi connectivity index (χ1) is 29.2. The molecule has 5 heteroatoms. The van der Waals surface area contributed by atoms with Crippen molar-refractivity contribution in [3.63, 3.8) is 0 Å². The van der Waals surface area contributed by atoms with Crippen molar-refractivity contribution in [2.75, 3.05) is 0 Å². The van der Waals surface area contributed by atoms with Gasteiger partial charge >= 0.3 is 350 Å². The van der Waals surface area contributed by atoms with Crippen molar-refractivity contribution in [2.24, 2.45) is 9.98 Å². The van der Waals surface area contributed by atoms with Gasteiger partial charge in [-0.3, -0.25) is 0 Å². The van der Waals surface area contributed by atoms with E-state index in [1.54, 1.807) is 0 Å². The Bertz CT molecular complexity index is 3850. The molecule has 0 aliphatic carbocycles. The number of fused-ring (bicyclic) bond motifs is 16. The molecule has 4 nitrogen and oxygen atoms in total. The Balaban J connectivity index is 1.12. The van der Waals surface area contributed by atoms with Crippen LogP contribution in [-0.2, 0) is 0 Å². The summed E-state index contributed by atoms with van der Waals surface area (Å²) in [4.78, 5) is 11.1. The van der Waals surface area contributed by atoms with E-state index < -0.39 is 21.2 Å². The molecule has 1 aliphatic heterocycles. The van der Waals surface area contributed by atoms with Gasteiger partial charge in [-0.15, -0.1) is 0 Å². The Morgan fingerprint density at radius 2 is 0.983 bits per heavy atom. The third-order valence-corrected chi connectivity index (χ3v) is 14.3. The van der Waals surface area contributed by atoms with E-state index in [-0.39, 0.29) is 0 Å². The van der Waals surface area contributed by atoms with E-state index in [1.165, 1.54) is 59.2 Å². The summed E-state index contributed by atoms with van der Waals surface area (Å²) in [6.07, 6.45) is 0. The summed E-state index contributed by atoms with van der Waals surface area (Å²) < 4.78 is 12.1. The molecule has 0 unspecified atom stereocenters. The zero-order valence-electron chi connectivity index (χ0n) is 31.5. The molecular weight excluding hydrogens is 834 g/mol. The number of aromatic nitrogens is 1. The van der Waals surface area contributed by atoms with Crippen LogP contribution < -0.4 is 21.2 Å². The molecule has 0 radical (unpaired) electrons. The first-order valence-corrected chi connectivity index (χ1v) is 22.2. The predicted octanol–water partition coefficient (Wildman–Crippen LogP) is 11.2. The Labute approximate surface area is 348 Å². The second kappa shape index (κ2) is 12.7. The molecular formula is C54H31IN3O-. The molecule has 59 heavy (non-hydrogen) atoms. The van der Waals surface area contributed by atoms with Gasteiger partial charge in [-0.1, -0.05) is 0 Å². The van der Waals surface area contributed by atoms with Crippen molar-refractivity contribution in [3.8, 4) is 0 Å². The van der Waals surface area contributed by atoms with Crippen LogP contribution in [0.3, 0.4) is 0 Å². The summed E-state index contributed by atoms with van der Waals surface area (Å²) in [5, 5.41) is 17.1. The number of hydrogen-bond donors (Lipinski definition) is 0. The van der Waals surface area contributed by atoms with Gasteiger partial charge in [0.1, 0.15) is 0 Å². The predicted molar refractivity (Wildman–Crippen MR) is 244 cm³/mol. The van der Waals surface area contributed by atoms with Crippen LogP contribution in [0.25, 0.3) is 103 Å². The molecule has 0 N–H and O–H groups in total. The van der Waals surface area contributed by atoms with E-state index in [1.807, 2.05) is 12.1 Å². The van der Waals surface area contributed by atoms with Crippen molar-refractivity contribution in [2.45, 2.75) is 0 Å². The van der Waals surface area contributed by atoms with E-state index in [4.69, 9.17) is 14.4 Å². The van der Waals surface area contributed by atoms with Gasteiger partial charge in [0.15, 0.2) is 0 Å². The zero-order chi connectivity index (χ0) is 38.6. The fourth-order valence-corrected chi connectivity index (χ4v) is 11.6. The summed E-state index contributed by atoms with van der Waals surface area (Å²) in [5.41, 5.74) is 7.05. The molecule has 2 aromatic heterocycles. The minimum absolute atomic E-state index is 0.708. The Hall–Kier alpha value is -7.09. The van der Waals surface area contributed by atoms with E-state index in [9.17, 15) is 0 Å². The molecule has 0 amide bonds. The van der Waals surface area contributed by atoms with Crippen molar-refractivity contribution >= 4 is 113 Å². The number of aliphatic imine (C=N–C) groups is 2. The third-order valence-electron chi connectivity index (χ3n) is 12.1. The molecule has 0 saturated heterocycles. The van der Waals surface area contributed by atoms with Gasteiger partial charge in [0.05, 0.1) is 0 Å². The molecule has 10 aromatic carbocycles. The Kier molecular flexibility index (Phi) is 7.09. The van der Waals surface area contributed by atoms with Crippen LogP contribution in [0, 0.1) is 0 Å². The summed E-state index contributed by atoms with van der Waals surface area (Å²) in [7, 11) is 0. The molecule has 276 valence electrons. The van der Waals surface area contributed by atoms with Gasteiger partial charge in [0.25, 0.3) is 0 Å². The van der Waals surface area contributed by atoms with E-state index in [0.29, 0.717) is 5.84 Å². The van der Waals surface area contributed by atoms with Crippen molar-refractivity contribution in [1.29, 1.82) is 0 Å². The SMILES string of the molecule is C1=C(c2ccc3oc4ccccc4c3c2)N=C(c2ccc3ccccc3c2)N=C(n2c3ccc4ccccc4c3c3c4c5ccccc5c5ccccc5c4ccc32)[I-]1. The average Bonchev–Trinajstić information content (AvgIpc) is 3.76. The second-order valence-electron chi connectivity index (χ2n) is 15.3. The minimum atomic E-state index is -0.809. The van der Waals surface area contributed by atoms with Gasteiger partial charge in [-0.2, -0.15) is 0 Å². The van der Waals surface area contributed by atoms with Crippen molar-refractivity contribution in [1.82, 2.24) is 4.57 Å². The van der Waals surface area contributed by atoms with Crippen molar-refractivity contribution < 1.29 is 25.6 Å². The molecule has 13 rings (SSSR count). The van der Waals surface area contributed by atoms with Gasteiger partial charge in [-0.25, -0.2) is 0 Å². The van der Waals surface area contributed by atoms with Crippen LogP contribution in [0.15, 0.2) is 200 Å². The molecule has 0 bridgehead atoms. The third kappa shape index (κ3) is 4.95. The van der Waals surface area contributed by atoms with Gasteiger partial charge < -0.3 is 0 Å². The van der Waals surface area contributed by atoms with E-state index >= 15 is 0 Å².